The minimum atomic E-state index is 0.104. The van der Waals surface area contributed by atoms with Crippen LogP contribution in [0, 0.1) is 0 Å². The highest BCUT2D eigenvalue weighted by Crippen LogP contribution is 2.13. The Bertz CT molecular complexity index is 324. The van der Waals surface area contributed by atoms with Gasteiger partial charge in [0.2, 0.25) is 0 Å². The summed E-state index contributed by atoms with van der Waals surface area (Å²) >= 11 is 0. The summed E-state index contributed by atoms with van der Waals surface area (Å²) in [7, 11) is 3.41. The Morgan fingerprint density at radius 3 is 2.33 bits per heavy atom. The van der Waals surface area contributed by atoms with Gasteiger partial charge in [-0.15, -0.1) is 0 Å². The van der Waals surface area contributed by atoms with Gasteiger partial charge < -0.3 is 14.8 Å². The van der Waals surface area contributed by atoms with Crippen molar-refractivity contribution in [2.45, 2.75) is 32.4 Å². The molecular formula is C15H25NO2. The van der Waals surface area contributed by atoms with Gasteiger partial charge >= 0.3 is 0 Å². The van der Waals surface area contributed by atoms with Gasteiger partial charge in [0.25, 0.3) is 0 Å². The molecule has 0 saturated carbocycles. The third-order valence-corrected chi connectivity index (χ3v) is 3.23. The summed E-state index contributed by atoms with van der Waals surface area (Å²) in [4.78, 5) is 0. The molecule has 0 aromatic heterocycles. The zero-order valence-corrected chi connectivity index (χ0v) is 11.9. The molecule has 0 saturated heterocycles. The van der Waals surface area contributed by atoms with Gasteiger partial charge in [-0.2, -0.15) is 0 Å². The van der Waals surface area contributed by atoms with Crippen LogP contribution in [0.3, 0.4) is 0 Å². The highest BCUT2D eigenvalue weighted by Gasteiger charge is 2.10. The summed E-state index contributed by atoms with van der Waals surface area (Å²) in [6.07, 6.45) is 1.19. The Hall–Kier alpha value is -0.900. The molecule has 0 heterocycles. The van der Waals surface area contributed by atoms with Crippen molar-refractivity contribution in [3.8, 4) is 0 Å². The fraction of sp³-hybridized carbons (Fsp3) is 0.600. The maximum absolute atomic E-state index is 5.33. The molecule has 3 nitrogen and oxygen atoms in total. The van der Waals surface area contributed by atoms with E-state index in [2.05, 4.69) is 43.4 Å². The van der Waals surface area contributed by atoms with Gasteiger partial charge in [0.1, 0.15) is 0 Å². The van der Waals surface area contributed by atoms with Crippen LogP contribution in [0.5, 0.6) is 0 Å². The van der Waals surface area contributed by atoms with Crippen LogP contribution in [-0.2, 0) is 15.9 Å². The van der Waals surface area contributed by atoms with E-state index in [1.54, 1.807) is 14.2 Å². The number of nitrogens with one attached hydrogen (secondary N) is 1. The molecule has 0 fully saturated rings. The van der Waals surface area contributed by atoms with Crippen molar-refractivity contribution in [1.29, 1.82) is 0 Å². The van der Waals surface area contributed by atoms with E-state index in [-0.39, 0.29) is 6.10 Å². The first-order valence-electron chi connectivity index (χ1n) is 6.55. The first-order chi connectivity index (χ1) is 8.71. The van der Waals surface area contributed by atoms with Crippen molar-refractivity contribution >= 4 is 0 Å². The summed E-state index contributed by atoms with van der Waals surface area (Å²) < 4.78 is 10.4. The molecule has 2 unspecified atom stereocenters. The van der Waals surface area contributed by atoms with E-state index in [0.717, 1.165) is 13.0 Å². The quantitative estimate of drug-likeness (QED) is 0.770. The van der Waals surface area contributed by atoms with Crippen LogP contribution in [-0.4, -0.2) is 33.5 Å². The smallest absolute Gasteiger partial charge is 0.0928 e. The van der Waals surface area contributed by atoms with Crippen molar-refractivity contribution in [2.75, 3.05) is 27.4 Å². The van der Waals surface area contributed by atoms with Crippen LogP contribution in [0.1, 0.15) is 31.0 Å². The van der Waals surface area contributed by atoms with Gasteiger partial charge in [-0.1, -0.05) is 31.2 Å². The molecule has 3 heteroatoms. The maximum atomic E-state index is 5.33. The molecule has 0 bridgehead atoms. The Labute approximate surface area is 110 Å². The van der Waals surface area contributed by atoms with Crippen molar-refractivity contribution in [1.82, 2.24) is 5.32 Å². The Morgan fingerprint density at radius 2 is 1.83 bits per heavy atom. The molecule has 0 aliphatic rings. The first-order valence-corrected chi connectivity index (χ1v) is 6.55. The largest absolute Gasteiger partial charge is 0.382 e. The molecule has 102 valence electrons. The molecule has 18 heavy (non-hydrogen) atoms. The van der Waals surface area contributed by atoms with E-state index < -0.39 is 0 Å². The first kappa shape index (κ1) is 15.2. The molecule has 0 amide bonds. The lowest BCUT2D eigenvalue weighted by molar-refractivity contribution is 0.0276. The molecule has 1 rings (SSSR count). The van der Waals surface area contributed by atoms with E-state index in [0.29, 0.717) is 12.6 Å². The molecule has 2 atom stereocenters. The fourth-order valence-electron chi connectivity index (χ4n) is 1.86. The second kappa shape index (κ2) is 8.25. The van der Waals surface area contributed by atoms with E-state index >= 15 is 0 Å². The van der Waals surface area contributed by atoms with E-state index in [1.807, 2.05) is 0 Å². The van der Waals surface area contributed by atoms with Gasteiger partial charge in [0, 0.05) is 26.8 Å². The average molecular weight is 251 g/mol. The lowest BCUT2D eigenvalue weighted by Crippen LogP contribution is -2.33. The Balaban J connectivity index is 2.45. The molecule has 0 aliphatic heterocycles. The highest BCUT2D eigenvalue weighted by molar-refractivity contribution is 5.24. The lowest BCUT2D eigenvalue weighted by Gasteiger charge is -2.19. The number of ether oxygens (including phenoxy) is 2. The van der Waals surface area contributed by atoms with Gasteiger partial charge in [-0.05, 0) is 24.5 Å². The molecule has 0 radical (unpaired) electrons. The van der Waals surface area contributed by atoms with Crippen LogP contribution in [0.25, 0.3) is 0 Å². The lowest BCUT2D eigenvalue weighted by atomic mass is 10.0. The van der Waals surface area contributed by atoms with Crippen LogP contribution >= 0.6 is 0 Å². The average Bonchev–Trinajstić information content (AvgIpc) is 2.43. The van der Waals surface area contributed by atoms with Crippen molar-refractivity contribution in [2.24, 2.45) is 0 Å². The number of aryl methyl sites for hydroxylation is 1. The molecule has 1 aromatic carbocycles. The Kier molecular flexibility index (Phi) is 6.94. The van der Waals surface area contributed by atoms with Crippen LogP contribution in [0.4, 0.5) is 0 Å². The SMILES string of the molecule is CCc1ccc(C(C)NCC(COC)OC)cc1. The zero-order valence-electron chi connectivity index (χ0n) is 11.9. The van der Waals surface area contributed by atoms with Crippen molar-refractivity contribution < 1.29 is 9.47 Å². The van der Waals surface area contributed by atoms with E-state index in [1.165, 1.54) is 11.1 Å². The topological polar surface area (TPSA) is 30.5 Å². The number of rotatable bonds is 8. The second-order valence-corrected chi connectivity index (χ2v) is 4.54. The number of methoxy groups -OCH3 is 2. The standard InChI is InChI=1S/C15H25NO2/c1-5-13-6-8-14(9-7-13)12(2)16-10-15(18-4)11-17-3/h6-9,12,15-16H,5,10-11H2,1-4H3. The predicted octanol–water partition coefficient (Wildman–Crippen LogP) is 2.56. The maximum Gasteiger partial charge on any atom is 0.0928 e. The second-order valence-electron chi connectivity index (χ2n) is 4.54. The molecule has 1 N–H and O–H groups in total. The predicted molar refractivity (Wildman–Crippen MR) is 74.9 cm³/mol. The van der Waals surface area contributed by atoms with Gasteiger partial charge in [-0.25, -0.2) is 0 Å². The van der Waals surface area contributed by atoms with E-state index in [4.69, 9.17) is 9.47 Å². The van der Waals surface area contributed by atoms with Gasteiger partial charge in [0.05, 0.1) is 12.7 Å². The summed E-state index contributed by atoms with van der Waals surface area (Å²) in [5, 5.41) is 3.47. The van der Waals surface area contributed by atoms with Gasteiger partial charge in [0.15, 0.2) is 0 Å². The summed E-state index contributed by atoms with van der Waals surface area (Å²) in [6.45, 7) is 5.75. The molecular weight excluding hydrogens is 226 g/mol. The monoisotopic (exact) mass is 251 g/mol. The molecule has 0 aliphatic carbocycles. The summed E-state index contributed by atoms with van der Waals surface area (Å²) in [6, 6.07) is 9.08. The van der Waals surface area contributed by atoms with Crippen LogP contribution in [0.2, 0.25) is 0 Å². The van der Waals surface area contributed by atoms with Crippen LogP contribution in [0.15, 0.2) is 24.3 Å². The normalized spacial score (nSPS) is 14.4. The molecule has 1 aromatic rings. The number of benzene rings is 1. The van der Waals surface area contributed by atoms with Crippen molar-refractivity contribution in [3.05, 3.63) is 35.4 Å². The fourth-order valence-corrected chi connectivity index (χ4v) is 1.86. The number of hydrogen-bond donors (Lipinski definition) is 1. The minimum absolute atomic E-state index is 0.104. The highest BCUT2D eigenvalue weighted by atomic mass is 16.5. The van der Waals surface area contributed by atoms with E-state index in [9.17, 15) is 0 Å². The van der Waals surface area contributed by atoms with Crippen molar-refractivity contribution in [3.63, 3.8) is 0 Å². The summed E-state index contributed by atoms with van der Waals surface area (Å²) in [5.74, 6) is 0. The minimum Gasteiger partial charge on any atom is -0.382 e. The Morgan fingerprint density at radius 1 is 1.17 bits per heavy atom. The molecule has 0 spiro atoms. The third kappa shape index (κ3) is 4.77. The zero-order chi connectivity index (χ0) is 13.4. The summed E-state index contributed by atoms with van der Waals surface area (Å²) in [5.41, 5.74) is 2.68. The third-order valence-electron chi connectivity index (χ3n) is 3.23. The van der Waals surface area contributed by atoms with Gasteiger partial charge in [-0.3, -0.25) is 0 Å². The van der Waals surface area contributed by atoms with Crippen LogP contribution < -0.4 is 5.32 Å². The number of hydrogen-bond acceptors (Lipinski definition) is 3.